The molecule has 0 saturated carbocycles. The van der Waals surface area contributed by atoms with E-state index in [1.54, 1.807) is 41.0 Å². The number of hydrogen-bond acceptors (Lipinski definition) is 5. The first-order valence-electron chi connectivity index (χ1n) is 8.63. The molecule has 0 radical (unpaired) electrons. The van der Waals surface area contributed by atoms with Crippen LogP contribution in [0.1, 0.15) is 12.7 Å². The molecule has 0 saturated heterocycles. The predicted molar refractivity (Wildman–Crippen MR) is 106 cm³/mol. The molecule has 7 nitrogen and oxygen atoms in total. The molecule has 3 N–H and O–H groups in total. The molecule has 0 bridgehead atoms. The van der Waals surface area contributed by atoms with Crippen molar-refractivity contribution in [3.8, 4) is 5.82 Å². The molecule has 0 amide bonds. The third kappa shape index (κ3) is 3.21. The van der Waals surface area contributed by atoms with Crippen LogP contribution >= 0.6 is 0 Å². The smallest absolute Gasteiger partial charge is 0.231 e. The van der Waals surface area contributed by atoms with Gasteiger partial charge in [0.1, 0.15) is 23.3 Å². The number of fused-ring (bicyclic) bond motifs is 1. The number of imidazole rings is 1. The van der Waals surface area contributed by atoms with E-state index >= 15 is 0 Å². The average Bonchev–Trinajstić information content (AvgIpc) is 3.06. The first-order valence-corrected chi connectivity index (χ1v) is 8.63. The van der Waals surface area contributed by atoms with Crippen molar-refractivity contribution in [1.82, 2.24) is 19.5 Å². The lowest BCUT2D eigenvalue weighted by Crippen LogP contribution is -2.08. The van der Waals surface area contributed by atoms with Crippen LogP contribution in [0.25, 0.3) is 21.7 Å². The number of nitrogens with zero attached hydrogens (tertiary/aromatic N) is 5. The number of hydrogen-bond donors (Lipinski definition) is 2. The molecule has 2 aromatic heterocycles. The van der Waals surface area contributed by atoms with E-state index in [4.69, 9.17) is 12.3 Å². The Labute approximate surface area is 160 Å². The normalized spacial score (nSPS) is 10.8. The topological polar surface area (TPSA) is 86.0 Å². The van der Waals surface area contributed by atoms with Gasteiger partial charge in [0.2, 0.25) is 5.95 Å². The van der Waals surface area contributed by atoms with Crippen molar-refractivity contribution >= 4 is 34.2 Å². The lowest BCUT2D eigenvalue weighted by Gasteiger charge is -2.11. The molecule has 28 heavy (non-hydrogen) atoms. The third-order valence-electron chi connectivity index (χ3n) is 4.22. The van der Waals surface area contributed by atoms with Crippen molar-refractivity contribution in [3.05, 3.63) is 71.6 Å². The number of nitrogens with one attached hydrogen (secondary N) is 1. The fourth-order valence-electron chi connectivity index (χ4n) is 2.96. The molecule has 0 fully saturated rings. The number of nitrogen functional groups attached to an aromatic ring is 1. The Hall–Kier alpha value is -3.99. The van der Waals surface area contributed by atoms with Crippen molar-refractivity contribution in [3.63, 3.8) is 0 Å². The molecule has 0 atom stereocenters. The maximum atomic E-state index is 13.8. The van der Waals surface area contributed by atoms with Gasteiger partial charge in [-0.05, 0) is 24.3 Å². The molecule has 4 rings (SSSR count). The number of benzene rings is 2. The summed E-state index contributed by atoms with van der Waals surface area (Å²) < 4.78 is 15.6. The number of nitrogens with two attached hydrogens (primary N) is 1. The molecule has 2 aromatic carbocycles. The summed E-state index contributed by atoms with van der Waals surface area (Å²) >= 11 is 0. The van der Waals surface area contributed by atoms with Gasteiger partial charge in [0.05, 0.1) is 17.6 Å². The lowest BCUT2D eigenvalue weighted by atomic mass is 10.3. The van der Waals surface area contributed by atoms with Gasteiger partial charge in [0.15, 0.2) is 5.69 Å². The Morgan fingerprint density at radius 1 is 1.11 bits per heavy atom. The summed E-state index contributed by atoms with van der Waals surface area (Å²) in [7, 11) is 0. The highest BCUT2D eigenvalue weighted by atomic mass is 19.1. The molecule has 0 aliphatic rings. The first-order chi connectivity index (χ1) is 13.6. The van der Waals surface area contributed by atoms with Crippen molar-refractivity contribution in [2.45, 2.75) is 13.3 Å². The maximum absolute atomic E-state index is 13.8. The van der Waals surface area contributed by atoms with Gasteiger partial charge in [-0.3, -0.25) is 4.57 Å². The fraction of sp³-hybridized carbons (Fsp3) is 0.100. The summed E-state index contributed by atoms with van der Waals surface area (Å²) in [5.41, 5.74) is 8.55. The number of halogens is 1. The monoisotopic (exact) mass is 373 g/mol. The molecule has 0 spiro atoms. The Balaban J connectivity index is 1.80. The predicted octanol–water partition coefficient (Wildman–Crippen LogP) is 4.39. The van der Waals surface area contributed by atoms with Gasteiger partial charge in [-0.15, -0.1) is 0 Å². The van der Waals surface area contributed by atoms with Crippen LogP contribution in [-0.4, -0.2) is 19.5 Å². The van der Waals surface area contributed by atoms with Crippen molar-refractivity contribution < 1.29 is 4.39 Å². The molecule has 0 unspecified atom stereocenters. The second-order valence-electron chi connectivity index (χ2n) is 6.11. The zero-order chi connectivity index (χ0) is 19.7. The molecule has 138 valence electrons. The Morgan fingerprint density at radius 3 is 2.61 bits per heavy atom. The number of aromatic nitrogens is 4. The van der Waals surface area contributed by atoms with Gasteiger partial charge in [-0.1, -0.05) is 19.1 Å². The minimum absolute atomic E-state index is 0.269. The molecule has 8 heteroatoms. The number of aryl methyl sites for hydroxylation is 1. The van der Waals surface area contributed by atoms with E-state index in [1.807, 2.05) is 6.92 Å². The fourth-order valence-corrected chi connectivity index (χ4v) is 2.96. The van der Waals surface area contributed by atoms with E-state index in [0.29, 0.717) is 34.9 Å². The van der Waals surface area contributed by atoms with Gasteiger partial charge < -0.3 is 11.1 Å². The lowest BCUT2D eigenvalue weighted by molar-refractivity contribution is 0.629. The molecule has 0 aliphatic heterocycles. The van der Waals surface area contributed by atoms with Crippen LogP contribution in [0, 0.1) is 12.4 Å². The molecule has 4 aromatic rings. The average molecular weight is 373 g/mol. The second kappa shape index (κ2) is 6.96. The third-order valence-corrected chi connectivity index (χ3v) is 4.22. The molecular weight excluding hydrogens is 357 g/mol. The highest BCUT2D eigenvalue weighted by Crippen LogP contribution is 2.25. The van der Waals surface area contributed by atoms with Crippen molar-refractivity contribution in [2.24, 2.45) is 0 Å². The molecule has 2 heterocycles. The zero-order valence-corrected chi connectivity index (χ0v) is 15.0. The van der Waals surface area contributed by atoms with Crippen LogP contribution in [0.4, 0.5) is 27.5 Å². The van der Waals surface area contributed by atoms with Gasteiger partial charge in [-0.2, -0.15) is 9.97 Å². The quantitative estimate of drug-likeness (QED) is 0.518. The Kier molecular flexibility index (Phi) is 4.33. The van der Waals surface area contributed by atoms with E-state index in [2.05, 4.69) is 25.1 Å². The summed E-state index contributed by atoms with van der Waals surface area (Å²) in [5.74, 6) is 1.46. The van der Waals surface area contributed by atoms with Crippen molar-refractivity contribution in [1.29, 1.82) is 0 Å². The Bertz CT molecular complexity index is 1210. The Morgan fingerprint density at radius 2 is 1.89 bits per heavy atom. The number of anilines is 3. The van der Waals surface area contributed by atoms with Gasteiger partial charge in [-0.25, -0.2) is 14.2 Å². The summed E-state index contributed by atoms with van der Waals surface area (Å²) in [4.78, 5) is 16.7. The number of rotatable bonds is 4. The van der Waals surface area contributed by atoms with Gasteiger partial charge >= 0.3 is 0 Å². The zero-order valence-electron chi connectivity index (χ0n) is 15.0. The van der Waals surface area contributed by atoms with Crippen LogP contribution in [0.15, 0.2) is 48.5 Å². The van der Waals surface area contributed by atoms with E-state index in [0.717, 1.165) is 11.5 Å². The molecular formula is C20H16FN7. The highest BCUT2D eigenvalue weighted by Gasteiger charge is 2.15. The van der Waals surface area contributed by atoms with Crippen LogP contribution in [0.5, 0.6) is 0 Å². The van der Waals surface area contributed by atoms with E-state index < -0.39 is 0 Å². The SMILES string of the molecule is [C-]#[N+]c1ccc(Nc2nc(N)cc(-n3c(CC)nc4ccc(F)cc43)n2)cc1. The van der Waals surface area contributed by atoms with E-state index in [-0.39, 0.29) is 11.6 Å². The molecule has 0 aliphatic carbocycles. The van der Waals surface area contributed by atoms with Gasteiger partial charge in [0, 0.05) is 24.2 Å². The highest BCUT2D eigenvalue weighted by molar-refractivity contribution is 5.78. The van der Waals surface area contributed by atoms with Gasteiger partial charge in [0.25, 0.3) is 0 Å². The standard InChI is InChI=1S/C20H16FN7/c1-3-18-25-15-9-4-12(21)10-16(15)28(18)19-11-17(22)26-20(27-19)24-14-7-5-13(23-2)6-8-14/h4-11H,3H2,1H3,(H3,22,24,26,27). The summed E-state index contributed by atoms with van der Waals surface area (Å²) in [6.45, 7) is 8.99. The van der Waals surface area contributed by atoms with E-state index in [9.17, 15) is 4.39 Å². The van der Waals surface area contributed by atoms with Crippen LogP contribution in [0.2, 0.25) is 0 Å². The summed E-state index contributed by atoms with van der Waals surface area (Å²) in [6.07, 6.45) is 0.640. The van der Waals surface area contributed by atoms with Crippen molar-refractivity contribution in [2.75, 3.05) is 11.1 Å². The maximum Gasteiger partial charge on any atom is 0.231 e. The second-order valence-corrected chi connectivity index (χ2v) is 6.11. The summed E-state index contributed by atoms with van der Waals surface area (Å²) in [5, 5.41) is 3.08. The minimum Gasteiger partial charge on any atom is -0.383 e. The first kappa shape index (κ1) is 17.4. The largest absolute Gasteiger partial charge is 0.383 e. The summed E-state index contributed by atoms with van der Waals surface area (Å²) in [6, 6.07) is 13.0. The van der Waals surface area contributed by atoms with E-state index in [1.165, 1.54) is 12.1 Å². The van der Waals surface area contributed by atoms with Crippen LogP contribution in [0.3, 0.4) is 0 Å². The van der Waals surface area contributed by atoms with Crippen LogP contribution < -0.4 is 11.1 Å². The van der Waals surface area contributed by atoms with Crippen LogP contribution in [-0.2, 0) is 6.42 Å². The minimum atomic E-state index is -0.350.